The van der Waals surface area contributed by atoms with Gasteiger partial charge < -0.3 is 10.3 Å². The molecule has 0 bridgehead atoms. The van der Waals surface area contributed by atoms with E-state index in [0.29, 0.717) is 5.57 Å². The van der Waals surface area contributed by atoms with Crippen LogP contribution < -0.4 is 17.0 Å². The first-order chi connectivity index (χ1) is 6.97. The van der Waals surface area contributed by atoms with Gasteiger partial charge >= 0.3 is 5.69 Å². The highest BCUT2D eigenvalue weighted by atomic mass is 35.5. The van der Waals surface area contributed by atoms with Gasteiger partial charge in [-0.1, -0.05) is 11.6 Å². The predicted octanol–water partition coefficient (Wildman–Crippen LogP) is 0.272. The Hall–Kier alpha value is -1.49. The normalized spacial score (nSPS) is 11.8. The number of nitrogens with zero attached hydrogens (tertiary/aromatic N) is 2. The lowest BCUT2D eigenvalue weighted by atomic mass is 10.3. The molecule has 0 aliphatic heterocycles. The number of anilines is 1. The van der Waals surface area contributed by atoms with E-state index in [2.05, 4.69) is 0 Å². The lowest BCUT2D eigenvalue weighted by Gasteiger charge is -2.07. The minimum absolute atomic E-state index is 0.0412. The maximum atomic E-state index is 11.6. The molecule has 0 aliphatic carbocycles. The molecule has 0 atom stereocenters. The van der Waals surface area contributed by atoms with E-state index in [1.165, 1.54) is 23.3 Å². The van der Waals surface area contributed by atoms with Crippen molar-refractivity contribution in [2.45, 2.75) is 13.5 Å². The molecule has 0 amide bonds. The standard InChI is InChI=1S/C9H12ClN3O2/c1-6(3-10)4-13-8(14)7(11)5-12(2)9(13)15/h3,5H,4,11H2,1-2H3/b6-3+. The second-order valence-corrected chi connectivity index (χ2v) is 3.54. The molecule has 1 aromatic heterocycles. The van der Waals surface area contributed by atoms with Crippen LogP contribution in [0.4, 0.5) is 5.69 Å². The van der Waals surface area contributed by atoms with Crippen molar-refractivity contribution in [1.29, 1.82) is 0 Å². The Morgan fingerprint density at radius 1 is 1.60 bits per heavy atom. The van der Waals surface area contributed by atoms with E-state index in [9.17, 15) is 9.59 Å². The van der Waals surface area contributed by atoms with Crippen molar-refractivity contribution >= 4 is 17.3 Å². The van der Waals surface area contributed by atoms with Gasteiger partial charge in [0.1, 0.15) is 5.69 Å². The molecule has 82 valence electrons. The first-order valence-corrected chi connectivity index (χ1v) is 4.72. The third-order valence-electron chi connectivity index (χ3n) is 1.95. The summed E-state index contributed by atoms with van der Waals surface area (Å²) in [5.41, 5.74) is 6.64. The zero-order valence-corrected chi connectivity index (χ0v) is 9.28. The SMILES string of the molecule is C/C(=C\Cl)Cn1c(=O)c(N)cn(C)c1=O. The molecule has 5 nitrogen and oxygen atoms in total. The van der Waals surface area contributed by atoms with Crippen LogP contribution in [0, 0.1) is 0 Å². The Morgan fingerprint density at radius 2 is 2.20 bits per heavy atom. The van der Waals surface area contributed by atoms with Gasteiger partial charge in [0.05, 0.1) is 6.54 Å². The number of hydrogen-bond donors (Lipinski definition) is 1. The van der Waals surface area contributed by atoms with E-state index in [1.54, 1.807) is 6.92 Å². The number of aryl methyl sites for hydroxylation is 1. The summed E-state index contributed by atoms with van der Waals surface area (Å²) in [4.78, 5) is 23.1. The van der Waals surface area contributed by atoms with Crippen molar-refractivity contribution in [2.24, 2.45) is 7.05 Å². The van der Waals surface area contributed by atoms with Crippen molar-refractivity contribution in [3.63, 3.8) is 0 Å². The van der Waals surface area contributed by atoms with E-state index in [4.69, 9.17) is 17.3 Å². The highest BCUT2D eigenvalue weighted by molar-refractivity contribution is 6.25. The molecule has 2 N–H and O–H groups in total. The minimum atomic E-state index is -0.490. The van der Waals surface area contributed by atoms with E-state index in [-0.39, 0.29) is 12.2 Å². The molecule has 0 radical (unpaired) electrons. The van der Waals surface area contributed by atoms with Gasteiger partial charge in [0.15, 0.2) is 0 Å². The molecule has 0 fully saturated rings. The fraction of sp³-hybridized carbons (Fsp3) is 0.333. The van der Waals surface area contributed by atoms with Crippen molar-refractivity contribution < 1.29 is 0 Å². The smallest absolute Gasteiger partial charge is 0.331 e. The topological polar surface area (TPSA) is 70.0 Å². The molecule has 0 aromatic carbocycles. The molecule has 1 rings (SSSR count). The zero-order chi connectivity index (χ0) is 11.6. The quantitative estimate of drug-likeness (QED) is 0.792. The molecule has 0 unspecified atom stereocenters. The van der Waals surface area contributed by atoms with Gasteiger partial charge in [-0.2, -0.15) is 0 Å². The number of aromatic nitrogens is 2. The van der Waals surface area contributed by atoms with Crippen molar-refractivity contribution in [3.05, 3.63) is 38.1 Å². The van der Waals surface area contributed by atoms with Crippen LogP contribution in [-0.2, 0) is 13.6 Å². The summed E-state index contributed by atoms with van der Waals surface area (Å²) in [6, 6.07) is 0. The predicted molar refractivity (Wildman–Crippen MR) is 60.0 cm³/mol. The van der Waals surface area contributed by atoms with E-state index < -0.39 is 11.2 Å². The minimum Gasteiger partial charge on any atom is -0.393 e. The van der Waals surface area contributed by atoms with Crippen molar-refractivity contribution in [3.8, 4) is 0 Å². The number of halogens is 1. The lowest BCUT2D eigenvalue weighted by molar-refractivity contribution is 0.637. The molecule has 0 saturated carbocycles. The van der Waals surface area contributed by atoms with Gasteiger partial charge in [0.2, 0.25) is 0 Å². The summed E-state index contributed by atoms with van der Waals surface area (Å²) >= 11 is 5.47. The van der Waals surface area contributed by atoms with Gasteiger partial charge in [-0.3, -0.25) is 9.36 Å². The van der Waals surface area contributed by atoms with Crippen LogP contribution in [0.25, 0.3) is 0 Å². The molecular formula is C9H12ClN3O2. The van der Waals surface area contributed by atoms with Crippen LogP contribution in [0.2, 0.25) is 0 Å². The number of rotatable bonds is 2. The van der Waals surface area contributed by atoms with Crippen LogP contribution in [0.3, 0.4) is 0 Å². The fourth-order valence-corrected chi connectivity index (χ4v) is 1.24. The van der Waals surface area contributed by atoms with Gasteiger partial charge in [-0.25, -0.2) is 4.79 Å². The second kappa shape index (κ2) is 4.35. The Kier molecular flexibility index (Phi) is 3.36. The summed E-state index contributed by atoms with van der Waals surface area (Å²) in [5, 5.41) is 0. The van der Waals surface area contributed by atoms with Gasteiger partial charge in [0, 0.05) is 18.8 Å². The highest BCUT2D eigenvalue weighted by Gasteiger charge is 2.07. The molecular weight excluding hydrogens is 218 g/mol. The number of hydrogen-bond acceptors (Lipinski definition) is 3. The maximum Gasteiger partial charge on any atom is 0.331 e. The summed E-state index contributed by atoms with van der Waals surface area (Å²) in [6.07, 6.45) is 1.31. The molecule has 0 spiro atoms. The average Bonchev–Trinajstić information content (AvgIpc) is 2.21. The second-order valence-electron chi connectivity index (χ2n) is 3.32. The average molecular weight is 230 g/mol. The highest BCUT2D eigenvalue weighted by Crippen LogP contribution is 1.97. The third kappa shape index (κ3) is 2.30. The van der Waals surface area contributed by atoms with Gasteiger partial charge in [-0.05, 0) is 12.5 Å². The van der Waals surface area contributed by atoms with E-state index in [0.717, 1.165) is 4.57 Å². The van der Waals surface area contributed by atoms with Crippen molar-refractivity contribution in [2.75, 3.05) is 5.73 Å². The van der Waals surface area contributed by atoms with E-state index >= 15 is 0 Å². The van der Waals surface area contributed by atoms with Crippen LogP contribution in [0.5, 0.6) is 0 Å². The Balaban J connectivity index is 3.41. The van der Waals surface area contributed by atoms with Crippen LogP contribution >= 0.6 is 11.6 Å². The van der Waals surface area contributed by atoms with Crippen LogP contribution in [0.15, 0.2) is 26.9 Å². The Labute approximate surface area is 91.4 Å². The molecule has 1 aromatic rings. The first-order valence-electron chi connectivity index (χ1n) is 4.29. The number of allylic oxidation sites excluding steroid dienone is 1. The molecule has 15 heavy (non-hydrogen) atoms. The summed E-state index contributed by atoms with van der Waals surface area (Å²) in [5.74, 6) is 0. The molecule has 0 saturated heterocycles. The molecule has 0 aliphatic rings. The van der Waals surface area contributed by atoms with E-state index in [1.807, 2.05) is 0 Å². The summed E-state index contributed by atoms with van der Waals surface area (Å²) in [7, 11) is 1.54. The maximum absolute atomic E-state index is 11.6. The summed E-state index contributed by atoms with van der Waals surface area (Å²) < 4.78 is 2.31. The largest absolute Gasteiger partial charge is 0.393 e. The number of nitrogens with two attached hydrogens (primary N) is 1. The molecule has 1 heterocycles. The first kappa shape index (κ1) is 11.6. The Bertz CT molecular complexity index is 479. The van der Waals surface area contributed by atoms with Gasteiger partial charge in [0.25, 0.3) is 5.56 Å². The Morgan fingerprint density at radius 3 is 2.73 bits per heavy atom. The third-order valence-corrected chi connectivity index (χ3v) is 2.32. The molecule has 6 heteroatoms. The monoisotopic (exact) mass is 229 g/mol. The van der Waals surface area contributed by atoms with Crippen LogP contribution in [-0.4, -0.2) is 9.13 Å². The lowest BCUT2D eigenvalue weighted by Crippen LogP contribution is -2.39. The fourth-order valence-electron chi connectivity index (χ4n) is 1.18. The summed E-state index contributed by atoms with van der Waals surface area (Å²) in [6.45, 7) is 1.88. The van der Waals surface area contributed by atoms with Gasteiger partial charge in [-0.15, -0.1) is 0 Å². The zero-order valence-electron chi connectivity index (χ0n) is 8.53. The van der Waals surface area contributed by atoms with Crippen LogP contribution in [0.1, 0.15) is 6.92 Å². The van der Waals surface area contributed by atoms with Crippen molar-refractivity contribution in [1.82, 2.24) is 9.13 Å². The number of nitrogen functional groups attached to an aromatic ring is 1.